The van der Waals surface area contributed by atoms with Crippen molar-refractivity contribution in [3.8, 4) is 11.5 Å². The lowest BCUT2D eigenvalue weighted by molar-refractivity contribution is 0.0631. The van der Waals surface area contributed by atoms with Crippen LogP contribution in [0.5, 0.6) is 11.5 Å². The van der Waals surface area contributed by atoms with Crippen molar-refractivity contribution in [2.45, 2.75) is 25.8 Å². The molecule has 1 saturated heterocycles. The molecule has 5 nitrogen and oxygen atoms in total. The van der Waals surface area contributed by atoms with E-state index in [9.17, 15) is 15.0 Å². The number of amides is 1. The number of nitrogens with zero attached hydrogens (tertiary/aromatic N) is 1. The van der Waals surface area contributed by atoms with Gasteiger partial charge in [0.05, 0.1) is 0 Å². The smallest absolute Gasteiger partial charge is 0.254 e. The van der Waals surface area contributed by atoms with Crippen LogP contribution < -0.4 is 5.32 Å². The highest BCUT2D eigenvalue weighted by atomic mass is 16.3. The van der Waals surface area contributed by atoms with Gasteiger partial charge in [0.25, 0.3) is 5.91 Å². The van der Waals surface area contributed by atoms with Crippen LogP contribution in [0.25, 0.3) is 0 Å². The molecular weight excluding hydrogens is 256 g/mol. The number of hydrogen-bond acceptors (Lipinski definition) is 4. The number of carbonyl (C=O) groups is 1. The van der Waals surface area contributed by atoms with E-state index in [4.69, 9.17) is 0 Å². The van der Waals surface area contributed by atoms with E-state index in [-0.39, 0.29) is 17.4 Å². The molecule has 0 aliphatic carbocycles. The van der Waals surface area contributed by atoms with Gasteiger partial charge in [-0.05, 0) is 37.6 Å². The van der Waals surface area contributed by atoms with Gasteiger partial charge < -0.3 is 20.4 Å². The summed E-state index contributed by atoms with van der Waals surface area (Å²) in [4.78, 5) is 14.3. The zero-order chi connectivity index (χ0) is 14.7. The van der Waals surface area contributed by atoms with E-state index in [0.717, 1.165) is 19.4 Å². The molecule has 0 aromatic heterocycles. The summed E-state index contributed by atoms with van der Waals surface area (Å²) >= 11 is 0. The first-order valence-electron chi connectivity index (χ1n) is 7.05. The van der Waals surface area contributed by atoms with Crippen LogP contribution in [0.15, 0.2) is 18.2 Å². The maximum Gasteiger partial charge on any atom is 0.254 e. The fourth-order valence-corrected chi connectivity index (χ4v) is 2.85. The molecule has 0 saturated carbocycles. The normalized spacial score (nSPS) is 22.8. The number of likely N-dealkylation sites (tertiary alicyclic amines) is 1. The van der Waals surface area contributed by atoms with Gasteiger partial charge in [-0.1, -0.05) is 13.3 Å². The molecule has 2 unspecified atom stereocenters. The van der Waals surface area contributed by atoms with Crippen LogP contribution in [0.2, 0.25) is 0 Å². The predicted octanol–water partition coefficient (Wildman–Crippen LogP) is 1.56. The van der Waals surface area contributed by atoms with Crippen LogP contribution in [0.1, 0.15) is 30.1 Å². The van der Waals surface area contributed by atoms with Crippen molar-refractivity contribution in [2.24, 2.45) is 5.92 Å². The minimum atomic E-state index is -0.256. The van der Waals surface area contributed by atoms with E-state index < -0.39 is 0 Å². The summed E-state index contributed by atoms with van der Waals surface area (Å²) in [5.74, 6) is -0.105. The molecule has 0 radical (unpaired) electrons. The summed E-state index contributed by atoms with van der Waals surface area (Å²) in [6, 6.07) is 4.67. The first kappa shape index (κ1) is 14.7. The Kier molecular flexibility index (Phi) is 4.49. The number of nitrogens with one attached hydrogen (secondary N) is 1. The molecule has 1 aromatic carbocycles. The zero-order valence-electron chi connectivity index (χ0n) is 12.0. The molecule has 2 atom stereocenters. The second kappa shape index (κ2) is 6.13. The second-order valence-electron chi connectivity index (χ2n) is 5.31. The lowest BCUT2D eigenvalue weighted by Gasteiger charge is -2.38. The van der Waals surface area contributed by atoms with Crippen LogP contribution in [0.4, 0.5) is 0 Å². The summed E-state index contributed by atoms with van der Waals surface area (Å²) in [6.45, 7) is 3.57. The fraction of sp³-hybridized carbons (Fsp3) is 0.533. The number of aromatic hydroxyl groups is 2. The Balaban J connectivity index is 2.11. The number of carbonyl (C=O) groups excluding carboxylic acids is 1. The van der Waals surface area contributed by atoms with Crippen LogP contribution >= 0.6 is 0 Å². The van der Waals surface area contributed by atoms with Gasteiger partial charge in [0.15, 0.2) is 11.5 Å². The van der Waals surface area contributed by atoms with E-state index >= 15 is 0 Å². The molecule has 110 valence electrons. The SMILES string of the molecule is CCC1CN(C(=O)c2ccc(O)c(O)c2)CCC1NC. The average molecular weight is 278 g/mol. The predicted molar refractivity (Wildman–Crippen MR) is 76.9 cm³/mol. The zero-order valence-corrected chi connectivity index (χ0v) is 12.0. The Labute approximate surface area is 119 Å². The third kappa shape index (κ3) is 2.88. The van der Waals surface area contributed by atoms with Gasteiger partial charge in [-0.2, -0.15) is 0 Å². The maximum atomic E-state index is 12.4. The molecule has 3 N–H and O–H groups in total. The molecule has 0 spiro atoms. The van der Waals surface area contributed by atoms with Crippen molar-refractivity contribution in [2.75, 3.05) is 20.1 Å². The lowest BCUT2D eigenvalue weighted by Crippen LogP contribution is -2.50. The van der Waals surface area contributed by atoms with E-state index in [1.54, 1.807) is 6.07 Å². The van der Waals surface area contributed by atoms with Gasteiger partial charge in [0, 0.05) is 24.7 Å². The molecule has 1 fully saturated rings. The molecule has 1 aliphatic rings. The first-order valence-corrected chi connectivity index (χ1v) is 7.05. The largest absolute Gasteiger partial charge is 0.504 e. The van der Waals surface area contributed by atoms with E-state index in [0.29, 0.717) is 24.1 Å². The van der Waals surface area contributed by atoms with Gasteiger partial charge >= 0.3 is 0 Å². The van der Waals surface area contributed by atoms with E-state index in [2.05, 4.69) is 12.2 Å². The number of phenolic OH excluding ortho intramolecular Hbond substituents is 2. The minimum Gasteiger partial charge on any atom is -0.504 e. The summed E-state index contributed by atoms with van der Waals surface area (Å²) in [6.07, 6.45) is 1.96. The van der Waals surface area contributed by atoms with Crippen LogP contribution in [-0.4, -0.2) is 47.2 Å². The molecule has 0 bridgehead atoms. The highest BCUT2D eigenvalue weighted by Crippen LogP contribution is 2.27. The fourth-order valence-electron chi connectivity index (χ4n) is 2.85. The van der Waals surface area contributed by atoms with E-state index in [1.807, 2.05) is 11.9 Å². The average Bonchev–Trinajstić information content (AvgIpc) is 2.48. The molecular formula is C15H22N2O3. The molecule has 5 heteroatoms. The van der Waals surface area contributed by atoms with Gasteiger partial charge in [0.1, 0.15) is 0 Å². The van der Waals surface area contributed by atoms with Crippen molar-refractivity contribution in [1.29, 1.82) is 0 Å². The number of phenols is 2. The lowest BCUT2D eigenvalue weighted by atomic mass is 9.89. The summed E-state index contributed by atoms with van der Waals surface area (Å²) in [5, 5.41) is 22.1. The van der Waals surface area contributed by atoms with Crippen molar-refractivity contribution >= 4 is 5.91 Å². The molecule has 20 heavy (non-hydrogen) atoms. The Morgan fingerprint density at radius 3 is 2.75 bits per heavy atom. The topological polar surface area (TPSA) is 72.8 Å². The molecule has 2 rings (SSSR count). The van der Waals surface area contributed by atoms with Gasteiger partial charge in [-0.15, -0.1) is 0 Å². The van der Waals surface area contributed by atoms with Crippen molar-refractivity contribution < 1.29 is 15.0 Å². The minimum absolute atomic E-state index is 0.0895. The van der Waals surface area contributed by atoms with Gasteiger partial charge in [0.2, 0.25) is 0 Å². The molecule has 1 aromatic rings. The molecule has 1 amide bonds. The first-order chi connectivity index (χ1) is 9.56. The number of hydrogen-bond donors (Lipinski definition) is 3. The Hall–Kier alpha value is -1.75. The van der Waals surface area contributed by atoms with Crippen molar-refractivity contribution in [3.05, 3.63) is 23.8 Å². The monoisotopic (exact) mass is 278 g/mol. The highest BCUT2D eigenvalue weighted by Gasteiger charge is 2.29. The third-order valence-corrected chi connectivity index (χ3v) is 4.14. The Bertz CT molecular complexity index is 490. The Morgan fingerprint density at radius 1 is 1.40 bits per heavy atom. The second-order valence-corrected chi connectivity index (χ2v) is 5.31. The maximum absolute atomic E-state index is 12.4. The van der Waals surface area contributed by atoms with Crippen molar-refractivity contribution in [1.82, 2.24) is 10.2 Å². The van der Waals surface area contributed by atoms with E-state index in [1.165, 1.54) is 12.1 Å². The molecule has 1 heterocycles. The summed E-state index contributed by atoms with van der Waals surface area (Å²) < 4.78 is 0. The standard InChI is InChI=1S/C15H22N2O3/c1-3-10-9-17(7-6-12(10)16-2)15(20)11-4-5-13(18)14(19)8-11/h4-5,8,10,12,16,18-19H,3,6-7,9H2,1-2H3. The van der Waals surface area contributed by atoms with Gasteiger partial charge in [-0.3, -0.25) is 4.79 Å². The van der Waals surface area contributed by atoms with Crippen molar-refractivity contribution in [3.63, 3.8) is 0 Å². The highest BCUT2D eigenvalue weighted by molar-refractivity contribution is 5.95. The number of benzene rings is 1. The summed E-state index contributed by atoms with van der Waals surface area (Å²) in [5.41, 5.74) is 0.415. The van der Waals surface area contributed by atoms with Crippen LogP contribution in [0, 0.1) is 5.92 Å². The quantitative estimate of drug-likeness (QED) is 0.734. The Morgan fingerprint density at radius 2 is 2.15 bits per heavy atom. The number of rotatable bonds is 3. The third-order valence-electron chi connectivity index (χ3n) is 4.14. The number of piperidine rings is 1. The van der Waals surface area contributed by atoms with Crippen LogP contribution in [-0.2, 0) is 0 Å². The van der Waals surface area contributed by atoms with Gasteiger partial charge in [-0.25, -0.2) is 0 Å². The van der Waals surface area contributed by atoms with Crippen LogP contribution in [0.3, 0.4) is 0 Å². The summed E-state index contributed by atoms with van der Waals surface area (Å²) in [7, 11) is 1.96. The molecule has 1 aliphatic heterocycles.